The summed E-state index contributed by atoms with van der Waals surface area (Å²) in [5.41, 5.74) is 4.06. The summed E-state index contributed by atoms with van der Waals surface area (Å²) in [5.74, 6) is -1.11. The number of rotatable bonds is 3. The summed E-state index contributed by atoms with van der Waals surface area (Å²) >= 11 is 2.70. The molecule has 0 heterocycles. The first kappa shape index (κ1) is 24.5. The van der Waals surface area contributed by atoms with Gasteiger partial charge >= 0.3 is 171 Å². The zero-order chi connectivity index (χ0) is 21.3. The van der Waals surface area contributed by atoms with Crippen LogP contribution in [0.3, 0.4) is 0 Å². The minimum atomic E-state index is -0.567. The SMILES string of the molecule is Cc1cc(N=C([Se])NC(=O)c2ccccc2F)ccc1-[c-]1cccc1.[Fe+2].c1cc[cH-]c1. The molecule has 1 radical (unpaired) electrons. The van der Waals surface area contributed by atoms with Gasteiger partial charge in [0.2, 0.25) is 0 Å². The molecule has 0 bridgehead atoms. The van der Waals surface area contributed by atoms with Gasteiger partial charge < -0.3 is 0 Å². The van der Waals surface area contributed by atoms with E-state index in [1.165, 1.54) is 18.2 Å². The molecule has 4 rings (SSSR count). The number of hydrogen-bond acceptors (Lipinski definition) is 2. The number of hydrogen-bond donors (Lipinski definition) is 1. The van der Waals surface area contributed by atoms with Crippen molar-refractivity contribution in [2.24, 2.45) is 4.99 Å². The van der Waals surface area contributed by atoms with Gasteiger partial charge in [0, 0.05) is 0 Å². The van der Waals surface area contributed by atoms with Crippen LogP contribution in [0.2, 0.25) is 0 Å². The van der Waals surface area contributed by atoms with Crippen molar-refractivity contribution in [2.45, 2.75) is 6.92 Å². The molecule has 1 amide bonds. The number of amidine groups is 1. The number of benzene rings is 2. The summed E-state index contributed by atoms with van der Waals surface area (Å²) in [5, 5.41) is 2.56. The van der Waals surface area contributed by atoms with Crippen molar-refractivity contribution in [3.05, 3.63) is 114 Å². The molecule has 157 valence electrons. The molecule has 31 heavy (non-hydrogen) atoms. The molecule has 3 nitrogen and oxygen atoms in total. The summed E-state index contributed by atoms with van der Waals surface area (Å²) in [6.45, 7) is 2.01. The molecule has 4 aromatic carbocycles. The molecule has 0 aliphatic carbocycles. The molecule has 0 saturated heterocycles. The standard InChI is InChI=1S/C20H15FN2OSe.C5H5.Fe/c1-13-12-15(10-11-16(13)14-6-2-3-7-14)22-20(25)23-19(24)17-8-4-5-9-18(17)21;1-2-4-5-3-1;/h2-12H,1H3,(H,22,23,24);1-5H;/q2*-1;+2. The molecule has 0 aromatic heterocycles. The van der Waals surface area contributed by atoms with E-state index in [2.05, 4.69) is 38.5 Å². The van der Waals surface area contributed by atoms with E-state index >= 15 is 0 Å². The van der Waals surface area contributed by atoms with E-state index in [9.17, 15) is 9.18 Å². The van der Waals surface area contributed by atoms with E-state index in [0.29, 0.717) is 5.69 Å². The first-order valence-electron chi connectivity index (χ1n) is 9.35. The Morgan fingerprint density at radius 2 is 1.71 bits per heavy atom. The van der Waals surface area contributed by atoms with Crippen LogP contribution < -0.4 is 5.32 Å². The first-order chi connectivity index (χ1) is 14.5. The van der Waals surface area contributed by atoms with Crippen LogP contribution in [0.4, 0.5) is 10.1 Å². The number of aryl methyl sites for hydroxylation is 1. The molecule has 0 fully saturated rings. The third-order valence-electron chi connectivity index (χ3n) is 4.31. The quantitative estimate of drug-likeness (QED) is 0.165. The summed E-state index contributed by atoms with van der Waals surface area (Å²) in [4.78, 5) is 16.4. The van der Waals surface area contributed by atoms with Gasteiger partial charge in [-0.15, -0.1) is 0 Å². The second kappa shape index (κ2) is 12.2. The van der Waals surface area contributed by atoms with Crippen molar-refractivity contribution >= 4 is 32.3 Å². The van der Waals surface area contributed by atoms with E-state index in [1.54, 1.807) is 6.07 Å². The number of carbonyl (C=O) groups excluding carboxylic acids is 1. The predicted octanol–water partition coefficient (Wildman–Crippen LogP) is 5.51. The van der Waals surface area contributed by atoms with Crippen LogP contribution in [0.1, 0.15) is 15.9 Å². The number of nitrogens with one attached hydrogen (secondary N) is 1. The molecule has 1 N–H and O–H groups in total. The minimum Gasteiger partial charge on any atom is -0.214 e. The Morgan fingerprint density at radius 1 is 1.03 bits per heavy atom. The van der Waals surface area contributed by atoms with Gasteiger partial charge in [0.25, 0.3) is 0 Å². The van der Waals surface area contributed by atoms with Gasteiger partial charge in [-0.1, -0.05) is 0 Å². The Bertz CT molecular complexity index is 1110. The zero-order valence-corrected chi connectivity index (χ0v) is 19.6. The molecule has 0 saturated carbocycles. The van der Waals surface area contributed by atoms with E-state index in [-0.39, 0.29) is 27.4 Å². The maximum absolute atomic E-state index is 13.6. The van der Waals surface area contributed by atoms with Gasteiger partial charge in [-0.2, -0.15) is 18.2 Å². The second-order valence-corrected chi connectivity index (χ2v) is 7.30. The van der Waals surface area contributed by atoms with Crippen LogP contribution in [-0.2, 0) is 17.1 Å². The van der Waals surface area contributed by atoms with Gasteiger partial charge in [0.15, 0.2) is 0 Å². The fourth-order valence-electron chi connectivity index (χ4n) is 2.87. The zero-order valence-electron chi connectivity index (χ0n) is 16.7. The summed E-state index contributed by atoms with van der Waals surface area (Å²) in [6, 6.07) is 29.7. The molecule has 0 aliphatic rings. The second-order valence-electron chi connectivity index (χ2n) is 6.49. The Balaban J connectivity index is 0.000000501. The molecular formula is C25H20FFeN2OSe. The molecule has 4 aromatic rings. The third kappa shape index (κ3) is 7.16. The van der Waals surface area contributed by atoms with Crippen molar-refractivity contribution in [3.8, 4) is 11.1 Å². The topological polar surface area (TPSA) is 41.5 Å². The Kier molecular flexibility index (Phi) is 9.64. The maximum atomic E-state index is 13.6. The summed E-state index contributed by atoms with van der Waals surface area (Å²) in [7, 11) is 0. The molecule has 0 aliphatic heterocycles. The van der Waals surface area contributed by atoms with Crippen molar-refractivity contribution < 1.29 is 26.3 Å². The number of halogens is 1. The maximum Gasteiger partial charge on any atom is 2.00 e. The van der Waals surface area contributed by atoms with E-state index in [4.69, 9.17) is 0 Å². The van der Waals surface area contributed by atoms with Crippen molar-refractivity contribution in [1.29, 1.82) is 0 Å². The number of amides is 1. The van der Waals surface area contributed by atoms with Crippen LogP contribution in [0.15, 0.2) is 102 Å². The van der Waals surface area contributed by atoms with Crippen molar-refractivity contribution in [2.75, 3.05) is 0 Å². The molecular weight excluding hydrogens is 498 g/mol. The molecule has 0 atom stereocenters. The van der Waals surface area contributed by atoms with Crippen LogP contribution in [0.5, 0.6) is 0 Å². The average molecular weight is 518 g/mol. The smallest absolute Gasteiger partial charge is 0.214 e. The first-order valence-corrected chi connectivity index (χ1v) is 10.2. The van der Waals surface area contributed by atoms with E-state index < -0.39 is 11.7 Å². The van der Waals surface area contributed by atoms with Crippen molar-refractivity contribution in [3.63, 3.8) is 0 Å². The molecule has 6 heteroatoms. The Hall–Kier alpha value is -2.75. The van der Waals surface area contributed by atoms with Crippen LogP contribution in [0, 0.1) is 12.7 Å². The number of carbonyl (C=O) groups is 1. The monoisotopic (exact) mass is 519 g/mol. The number of aliphatic imine (C=N–C) groups is 1. The summed E-state index contributed by atoms with van der Waals surface area (Å²) < 4.78 is 13.9. The predicted molar refractivity (Wildman–Crippen MR) is 121 cm³/mol. The van der Waals surface area contributed by atoms with Gasteiger partial charge in [0.1, 0.15) is 0 Å². The third-order valence-corrected chi connectivity index (χ3v) is 4.71. The fourth-order valence-corrected chi connectivity index (χ4v) is 3.29. The van der Waals surface area contributed by atoms with Gasteiger partial charge in [-0.05, 0) is 0 Å². The van der Waals surface area contributed by atoms with Gasteiger partial charge in [-0.25, -0.2) is 12.1 Å². The average Bonchev–Trinajstić information content (AvgIpc) is 3.45. The fraction of sp³-hybridized carbons (Fsp3) is 0.0400. The largest absolute Gasteiger partial charge is 2.00 e. The van der Waals surface area contributed by atoms with E-state index in [0.717, 1.165) is 16.7 Å². The Morgan fingerprint density at radius 3 is 2.29 bits per heavy atom. The number of nitrogens with zero attached hydrogens (tertiary/aromatic N) is 1. The molecule has 0 spiro atoms. The van der Waals surface area contributed by atoms with Crippen molar-refractivity contribution in [1.82, 2.24) is 5.32 Å². The van der Waals surface area contributed by atoms with Gasteiger partial charge in [-0.3, -0.25) is 0 Å². The minimum absolute atomic E-state index is 0. The summed E-state index contributed by atoms with van der Waals surface area (Å²) in [6.07, 6.45) is 0. The van der Waals surface area contributed by atoms with Gasteiger partial charge in [0.05, 0.1) is 0 Å². The van der Waals surface area contributed by atoms with Crippen LogP contribution >= 0.6 is 0 Å². The van der Waals surface area contributed by atoms with Crippen LogP contribution in [-0.4, -0.2) is 26.7 Å². The van der Waals surface area contributed by atoms with E-state index in [1.807, 2.05) is 67.6 Å². The molecule has 0 unspecified atom stereocenters. The van der Waals surface area contributed by atoms with Crippen LogP contribution in [0.25, 0.3) is 11.1 Å². The normalized spacial score (nSPS) is 10.5. The Labute approximate surface area is 200 Å².